The van der Waals surface area contributed by atoms with Crippen LogP contribution in [0.25, 0.3) is 0 Å². The van der Waals surface area contributed by atoms with Crippen LogP contribution in [0.15, 0.2) is 12.4 Å². The van der Waals surface area contributed by atoms with Crippen molar-refractivity contribution in [3.05, 3.63) is 18.2 Å². The molecule has 0 aliphatic heterocycles. The van der Waals surface area contributed by atoms with Crippen LogP contribution in [-0.4, -0.2) is 33.9 Å². The highest BCUT2D eigenvalue weighted by molar-refractivity contribution is 4.94. The van der Waals surface area contributed by atoms with Crippen LogP contribution < -0.4 is 5.32 Å². The quantitative estimate of drug-likeness (QED) is 0.729. The zero-order valence-electron chi connectivity index (χ0n) is 10.5. The Morgan fingerprint density at radius 3 is 2.81 bits per heavy atom. The lowest BCUT2D eigenvalue weighted by atomic mass is 10.2. The van der Waals surface area contributed by atoms with E-state index in [1.165, 1.54) is 0 Å². The summed E-state index contributed by atoms with van der Waals surface area (Å²) in [5, 5.41) is 13.1. The van der Waals surface area contributed by atoms with Gasteiger partial charge < -0.3 is 15.0 Å². The summed E-state index contributed by atoms with van der Waals surface area (Å²) < 4.78 is 2.06. The number of imidazole rings is 1. The smallest absolute Gasteiger partial charge is 0.111 e. The lowest BCUT2D eigenvalue weighted by Crippen LogP contribution is -2.31. The maximum absolute atomic E-state index is 9.84. The molecule has 0 aliphatic carbocycles. The van der Waals surface area contributed by atoms with E-state index in [1.54, 1.807) is 6.20 Å². The van der Waals surface area contributed by atoms with Crippen molar-refractivity contribution in [1.82, 2.24) is 14.9 Å². The van der Waals surface area contributed by atoms with E-state index in [-0.39, 0.29) is 6.10 Å². The monoisotopic (exact) mass is 225 g/mol. The van der Waals surface area contributed by atoms with E-state index < -0.39 is 0 Å². The lowest BCUT2D eigenvalue weighted by Gasteiger charge is -2.13. The minimum absolute atomic E-state index is 0.355. The van der Waals surface area contributed by atoms with Gasteiger partial charge in [0.05, 0.1) is 6.10 Å². The second-order valence-corrected chi connectivity index (χ2v) is 4.54. The van der Waals surface area contributed by atoms with Crippen molar-refractivity contribution in [2.45, 2.75) is 39.8 Å². The molecule has 4 nitrogen and oxygen atoms in total. The van der Waals surface area contributed by atoms with Gasteiger partial charge >= 0.3 is 0 Å². The molecule has 1 rings (SSSR count). The van der Waals surface area contributed by atoms with Gasteiger partial charge in [-0.25, -0.2) is 4.98 Å². The predicted octanol–water partition coefficient (Wildman–Crippen LogP) is 1.05. The topological polar surface area (TPSA) is 50.1 Å². The predicted molar refractivity (Wildman–Crippen MR) is 65.3 cm³/mol. The molecular formula is C12H23N3O. The Balaban J connectivity index is 2.31. The lowest BCUT2D eigenvalue weighted by molar-refractivity contribution is 0.167. The third-order valence-corrected chi connectivity index (χ3v) is 2.49. The summed E-state index contributed by atoms with van der Waals surface area (Å²) in [5.41, 5.74) is 0. The second-order valence-electron chi connectivity index (χ2n) is 4.54. The zero-order chi connectivity index (χ0) is 12.0. The van der Waals surface area contributed by atoms with Gasteiger partial charge in [-0.1, -0.05) is 13.8 Å². The van der Waals surface area contributed by atoms with Crippen LogP contribution in [0.1, 0.15) is 26.6 Å². The van der Waals surface area contributed by atoms with Crippen molar-refractivity contribution in [2.75, 3.05) is 13.1 Å². The van der Waals surface area contributed by atoms with E-state index >= 15 is 0 Å². The van der Waals surface area contributed by atoms with Gasteiger partial charge in [-0.3, -0.25) is 0 Å². The molecule has 0 bridgehead atoms. The van der Waals surface area contributed by atoms with E-state index in [1.807, 2.05) is 6.20 Å². The maximum Gasteiger partial charge on any atom is 0.111 e. The summed E-state index contributed by atoms with van der Waals surface area (Å²) in [5.74, 6) is 1.58. The average Bonchev–Trinajstić information content (AvgIpc) is 2.64. The van der Waals surface area contributed by atoms with Crippen molar-refractivity contribution in [1.29, 1.82) is 0 Å². The Kier molecular flexibility index (Phi) is 5.49. The van der Waals surface area contributed by atoms with Gasteiger partial charge in [-0.2, -0.15) is 0 Å². The molecule has 0 aromatic carbocycles. The molecule has 92 valence electrons. The molecule has 1 aromatic heterocycles. The Labute approximate surface area is 97.7 Å². The number of nitrogens with one attached hydrogen (secondary N) is 1. The summed E-state index contributed by atoms with van der Waals surface area (Å²) >= 11 is 0. The molecule has 2 N–H and O–H groups in total. The van der Waals surface area contributed by atoms with Crippen LogP contribution in [-0.2, 0) is 13.0 Å². The molecule has 0 aliphatic rings. The van der Waals surface area contributed by atoms with Gasteiger partial charge in [0.15, 0.2) is 0 Å². The number of hydrogen-bond donors (Lipinski definition) is 2. The summed E-state index contributed by atoms with van der Waals surface area (Å²) in [6.45, 7) is 8.87. The Morgan fingerprint density at radius 2 is 2.19 bits per heavy atom. The molecule has 1 atom stereocenters. The number of aliphatic hydroxyl groups is 1. The number of aryl methyl sites for hydroxylation is 1. The zero-order valence-corrected chi connectivity index (χ0v) is 10.5. The molecule has 0 saturated heterocycles. The maximum atomic E-state index is 9.84. The fourth-order valence-corrected chi connectivity index (χ4v) is 1.64. The molecule has 0 radical (unpaired) electrons. The molecule has 0 spiro atoms. The highest BCUT2D eigenvalue weighted by Crippen LogP contribution is 2.01. The highest BCUT2D eigenvalue weighted by atomic mass is 16.3. The van der Waals surface area contributed by atoms with Crippen molar-refractivity contribution < 1.29 is 5.11 Å². The van der Waals surface area contributed by atoms with E-state index in [0.29, 0.717) is 18.9 Å². The summed E-state index contributed by atoms with van der Waals surface area (Å²) in [4.78, 5) is 4.25. The Bertz CT molecular complexity index is 296. The van der Waals surface area contributed by atoms with Crippen LogP contribution in [0, 0.1) is 5.92 Å². The molecule has 1 heterocycles. The van der Waals surface area contributed by atoms with Gasteiger partial charge in [0.1, 0.15) is 5.82 Å². The van der Waals surface area contributed by atoms with Crippen molar-refractivity contribution in [3.8, 4) is 0 Å². The Hall–Kier alpha value is -0.870. The number of aromatic nitrogens is 2. The largest absolute Gasteiger partial charge is 0.391 e. The summed E-state index contributed by atoms with van der Waals surface area (Å²) in [6.07, 6.45) is 3.99. The number of aliphatic hydroxyl groups excluding tert-OH is 1. The summed E-state index contributed by atoms with van der Waals surface area (Å²) in [6, 6.07) is 0. The van der Waals surface area contributed by atoms with E-state index in [9.17, 15) is 5.11 Å². The van der Waals surface area contributed by atoms with Crippen LogP contribution in [0.2, 0.25) is 0 Å². The Morgan fingerprint density at radius 1 is 1.44 bits per heavy atom. The standard InChI is InChI=1S/C12H23N3O/c1-4-15-6-5-14-12(15)7-11(16)9-13-8-10(2)3/h5-6,10-11,13,16H,4,7-9H2,1-3H3. The molecule has 16 heavy (non-hydrogen) atoms. The van der Waals surface area contributed by atoms with Crippen molar-refractivity contribution >= 4 is 0 Å². The first-order valence-corrected chi connectivity index (χ1v) is 6.02. The first kappa shape index (κ1) is 13.2. The first-order chi connectivity index (χ1) is 7.63. The first-order valence-electron chi connectivity index (χ1n) is 6.02. The normalized spacial score (nSPS) is 13.3. The van der Waals surface area contributed by atoms with Crippen LogP contribution in [0.5, 0.6) is 0 Å². The van der Waals surface area contributed by atoms with Crippen LogP contribution in [0.4, 0.5) is 0 Å². The average molecular weight is 225 g/mol. The van der Waals surface area contributed by atoms with Crippen LogP contribution in [0.3, 0.4) is 0 Å². The van der Waals surface area contributed by atoms with Gasteiger partial charge in [-0.05, 0) is 19.4 Å². The molecule has 0 amide bonds. The fourth-order valence-electron chi connectivity index (χ4n) is 1.64. The molecule has 1 aromatic rings. The van der Waals surface area contributed by atoms with Gasteiger partial charge in [0.2, 0.25) is 0 Å². The number of nitrogens with zero attached hydrogens (tertiary/aromatic N) is 2. The summed E-state index contributed by atoms with van der Waals surface area (Å²) in [7, 11) is 0. The van der Waals surface area contributed by atoms with Gasteiger partial charge in [-0.15, -0.1) is 0 Å². The minimum Gasteiger partial charge on any atom is -0.391 e. The van der Waals surface area contributed by atoms with E-state index in [0.717, 1.165) is 18.9 Å². The molecule has 1 unspecified atom stereocenters. The van der Waals surface area contributed by atoms with E-state index in [2.05, 4.69) is 35.6 Å². The molecular weight excluding hydrogens is 202 g/mol. The molecule has 0 saturated carbocycles. The van der Waals surface area contributed by atoms with Gasteiger partial charge in [0, 0.05) is 31.9 Å². The molecule has 4 heteroatoms. The van der Waals surface area contributed by atoms with Crippen LogP contribution >= 0.6 is 0 Å². The van der Waals surface area contributed by atoms with E-state index in [4.69, 9.17) is 0 Å². The van der Waals surface area contributed by atoms with Crippen molar-refractivity contribution in [2.24, 2.45) is 5.92 Å². The third-order valence-electron chi connectivity index (χ3n) is 2.49. The number of hydrogen-bond acceptors (Lipinski definition) is 3. The molecule has 0 fully saturated rings. The second kappa shape index (κ2) is 6.66. The fraction of sp³-hybridized carbons (Fsp3) is 0.750. The minimum atomic E-state index is -0.355. The number of rotatable bonds is 7. The van der Waals surface area contributed by atoms with Gasteiger partial charge in [0.25, 0.3) is 0 Å². The van der Waals surface area contributed by atoms with Crippen molar-refractivity contribution in [3.63, 3.8) is 0 Å². The highest BCUT2D eigenvalue weighted by Gasteiger charge is 2.09. The SMILES string of the molecule is CCn1ccnc1CC(O)CNCC(C)C. The third kappa shape index (κ3) is 4.33.